The molecule has 0 bridgehead atoms. The van der Waals surface area contributed by atoms with E-state index in [9.17, 15) is 4.79 Å². The SMILES string of the molecule is COc1ccc(Cn2c(=O)n3ncnc3c3c(CN4C[C@@H](C)O[C@@H](C)C4)csc32)cc1. The quantitative estimate of drug-likeness (QED) is 0.476. The summed E-state index contributed by atoms with van der Waals surface area (Å²) in [6.07, 6.45) is 1.86. The Morgan fingerprint density at radius 2 is 1.90 bits per heavy atom. The predicted molar refractivity (Wildman–Crippen MR) is 120 cm³/mol. The van der Waals surface area contributed by atoms with Gasteiger partial charge in [-0.2, -0.15) is 9.61 Å². The zero-order valence-electron chi connectivity index (χ0n) is 17.8. The van der Waals surface area contributed by atoms with Crippen LogP contribution in [0.15, 0.2) is 40.8 Å². The summed E-state index contributed by atoms with van der Waals surface area (Å²) in [5, 5.41) is 7.36. The van der Waals surface area contributed by atoms with E-state index in [1.54, 1.807) is 23.0 Å². The number of rotatable bonds is 5. The average molecular weight is 440 g/mol. The van der Waals surface area contributed by atoms with Crippen LogP contribution in [0, 0.1) is 0 Å². The lowest BCUT2D eigenvalue weighted by molar-refractivity contribution is -0.0703. The van der Waals surface area contributed by atoms with Crippen molar-refractivity contribution >= 4 is 27.2 Å². The maximum atomic E-state index is 13.2. The second-order valence-electron chi connectivity index (χ2n) is 8.10. The molecule has 0 aliphatic carbocycles. The highest BCUT2D eigenvalue weighted by Crippen LogP contribution is 2.30. The Morgan fingerprint density at radius 3 is 2.61 bits per heavy atom. The smallest absolute Gasteiger partial charge is 0.352 e. The summed E-state index contributed by atoms with van der Waals surface area (Å²) in [6, 6.07) is 7.78. The molecule has 162 valence electrons. The summed E-state index contributed by atoms with van der Waals surface area (Å²) in [6.45, 7) is 7.24. The van der Waals surface area contributed by atoms with Crippen LogP contribution in [-0.2, 0) is 17.8 Å². The van der Waals surface area contributed by atoms with E-state index < -0.39 is 0 Å². The van der Waals surface area contributed by atoms with Crippen LogP contribution in [0.5, 0.6) is 5.75 Å². The van der Waals surface area contributed by atoms with Gasteiger partial charge in [0.05, 0.1) is 31.2 Å². The van der Waals surface area contributed by atoms with E-state index in [-0.39, 0.29) is 17.9 Å². The fourth-order valence-electron chi connectivity index (χ4n) is 4.40. The van der Waals surface area contributed by atoms with Gasteiger partial charge in [0.25, 0.3) is 0 Å². The van der Waals surface area contributed by atoms with Crippen molar-refractivity contribution in [2.75, 3.05) is 20.2 Å². The Morgan fingerprint density at radius 1 is 1.16 bits per heavy atom. The highest BCUT2D eigenvalue weighted by molar-refractivity contribution is 7.17. The van der Waals surface area contributed by atoms with Gasteiger partial charge >= 0.3 is 5.69 Å². The Labute approximate surface area is 183 Å². The van der Waals surface area contributed by atoms with Crippen LogP contribution >= 0.6 is 11.3 Å². The lowest BCUT2D eigenvalue weighted by Gasteiger charge is -2.35. The molecule has 5 rings (SSSR count). The van der Waals surface area contributed by atoms with Crippen LogP contribution in [0.2, 0.25) is 0 Å². The van der Waals surface area contributed by atoms with Crippen molar-refractivity contribution in [1.29, 1.82) is 0 Å². The molecular weight excluding hydrogens is 414 g/mol. The Kier molecular flexibility index (Phi) is 5.25. The van der Waals surface area contributed by atoms with Crippen LogP contribution in [-0.4, -0.2) is 56.5 Å². The maximum absolute atomic E-state index is 13.2. The van der Waals surface area contributed by atoms with E-state index in [4.69, 9.17) is 9.47 Å². The molecule has 0 spiro atoms. The Balaban J connectivity index is 1.58. The van der Waals surface area contributed by atoms with Crippen LogP contribution in [0.3, 0.4) is 0 Å². The zero-order chi connectivity index (χ0) is 21.5. The van der Waals surface area contributed by atoms with Gasteiger partial charge in [0.1, 0.15) is 16.9 Å². The van der Waals surface area contributed by atoms with Gasteiger partial charge in [0.2, 0.25) is 0 Å². The third-order valence-electron chi connectivity index (χ3n) is 5.67. The molecule has 0 N–H and O–H groups in total. The third-order valence-corrected chi connectivity index (χ3v) is 6.72. The number of methoxy groups -OCH3 is 1. The molecule has 0 unspecified atom stereocenters. The monoisotopic (exact) mass is 439 g/mol. The summed E-state index contributed by atoms with van der Waals surface area (Å²) in [4.78, 5) is 20.9. The Hall–Kier alpha value is -2.75. The molecule has 0 amide bonds. The summed E-state index contributed by atoms with van der Waals surface area (Å²) in [5.74, 6) is 0.792. The molecule has 1 aliphatic heterocycles. The number of benzene rings is 1. The zero-order valence-corrected chi connectivity index (χ0v) is 18.6. The lowest BCUT2D eigenvalue weighted by Crippen LogP contribution is -2.44. The van der Waals surface area contributed by atoms with E-state index in [2.05, 4.69) is 34.2 Å². The van der Waals surface area contributed by atoms with Crippen molar-refractivity contribution in [2.45, 2.75) is 39.1 Å². The van der Waals surface area contributed by atoms with E-state index in [0.717, 1.165) is 41.2 Å². The van der Waals surface area contributed by atoms with E-state index in [1.165, 1.54) is 16.4 Å². The van der Waals surface area contributed by atoms with Crippen molar-refractivity contribution in [3.05, 3.63) is 57.6 Å². The van der Waals surface area contributed by atoms with E-state index >= 15 is 0 Å². The molecule has 1 fully saturated rings. The normalized spacial score (nSPS) is 20.0. The first-order valence-corrected chi connectivity index (χ1v) is 11.2. The van der Waals surface area contributed by atoms with Crippen LogP contribution in [0.4, 0.5) is 0 Å². The van der Waals surface area contributed by atoms with E-state index in [1.807, 2.05) is 24.3 Å². The van der Waals surface area contributed by atoms with Crippen molar-refractivity contribution in [3.8, 4) is 5.75 Å². The van der Waals surface area contributed by atoms with Crippen molar-refractivity contribution in [3.63, 3.8) is 0 Å². The van der Waals surface area contributed by atoms with Crippen LogP contribution in [0.1, 0.15) is 25.0 Å². The Bertz CT molecular complexity index is 1270. The maximum Gasteiger partial charge on any atom is 0.352 e. The molecule has 4 heterocycles. The molecule has 8 nitrogen and oxygen atoms in total. The van der Waals surface area contributed by atoms with Gasteiger partial charge in [-0.3, -0.25) is 9.47 Å². The van der Waals surface area contributed by atoms with Gasteiger partial charge in [0, 0.05) is 19.6 Å². The number of fused-ring (bicyclic) bond motifs is 3. The topological polar surface area (TPSA) is 73.9 Å². The van der Waals surface area contributed by atoms with E-state index in [0.29, 0.717) is 12.2 Å². The number of nitrogens with zero attached hydrogens (tertiary/aromatic N) is 5. The molecule has 0 radical (unpaired) electrons. The molecule has 1 aliphatic rings. The number of ether oxygens (including phenoxy) is 2. The van der Waals surface area contributed by atoms with Crippen molar-refractivity contribution < 1.29 is 9.47 Å². The highest BCUT2D eigenvalue weighted by Gasteiger charge is 2.24. The molecule has 31 heavy (non-hydrogen) atoms. The summed E-state index contributed by atoms with van der Waals surface area (Å²) < 4.78 is 14.3. The fraction of sp³-hybridized carbons (Fsp3) is 0.409. The largest absolute Gasteiger partial charge is 0.497 e. The highest BCUT2D eigenvalue weighted by atomic mass is 32.1. The number of hydrogen-bond acceptors (Lipinski definition) is 7. The first-order chi connectivity index (χ1) is 15.0. The minimum absolute atomic E-state index is 0.183. The van der Waals surface area contributed by atoms with Gasteiger partial charge in [0.15, 0.2) is 5.65 Å². The van der Waals surface area contributed by atoms with Gasteiger partial charge in [-0.1, -0.05) is 12.1 Å². The molecule has 3 aromatic heterocycles. The number of morpholine rings is 1. The second kappa shape index (κ2) is 8.07. The summed E-state index contributed by atoms with van der Waals surface area (Å²) in [7, 11) is 1.64. The van der Waals surface area contributed by atoms with Crippen molar-refractivity contribution in [2.24, 2.45) is 0 Å². The molecule has 4 aromatic rings. The number of thiophene rings is 1. The summed E-state index contributed by atoms with van der Waals surface area (Å²) in [5.41, 5.74) is 2.63. The lowest BCUT2D eigenvalue weighted by atomic mass is 10.1. The molecule has 1 aromatic carbocycles. The number of hydrogen-bond donors (Lipinski definition) is 0. The predicted octanol–water partition coefficient (Wildman–Crippen LogP) is 2.77. The third kappa shape index (κ3) is 3.73. The molecule has 9 heteroatoms. The van der Waals surface area contributed by atoms with Crippen LogP contribution < -0.4 is 10.4 Å². The molecule has 2 atom stereocenters. The van der Waals surface area contributed by atoms with Crippen LogP contribution in [0.25, 0.3) is 15.9 Å². The first kappa shape index (κ1) is 20.2. The average Bonchev–Trinajstić information content (AvgIpc) is 3.38. The minimum Gasteiger partial charge on any atom is -0.497 e. The summed E-state index contributed by atoms with van der Waals surface area (Å²) >= 11 is 1.59. The van der Waals surface area contributed by atoms with Gasteiger partial charge in [-0.05, 0) is 42.5 Å². The van der Waals surface area contributed by atoms with Gasteiger partial charge in [-0.25, -0.2) is 9.78 Å². The first-order valence-electron chi connectivity index (χ1n) is 10.4. The van der Waals surface area contributed by atoms with Crippen molar-refractivity contribution in [1.82, 2.24) is 24.1 Å². The molecular formula is C22H25N5O3S. The molecule has 0 saturated carbocycles. The van der Waals surface area contributed by atoms with Gasteiger partial charge in [-0.15, -0.1) is 11.3 Å². The standard InChI is InChI=1S/C22H25N5O3S/c1-14-8-25(9-15(2)30-14)11-17-12-31-21-19(17)20-23-13-24-27(20)22(28)26(21)10-16-4-6-18(29-3)7-5-16/h4-7,12-15H,8-11H2,1-3H3/t14-,15+. The second-order valence-corrected chi connectivity index (χ2v) is 8.96. The fourth-order valence-corrected chi connectivity index (χ4v) is 5.45. The molecule has 1 saturated heterocycles. The van der Waals surface area contributed by atoms with Gasteiger partial charge < -0.3 is 9.47 Å². The minimum atomic E-state index is -0.183. The number of aromatic nitrogens is 4.